The van der Waals surface area contributed by atoms with E-state index in [0.717, 1.165) is 21.2 Å². The van der Waals surface area contributed by atoms with E-state index in [1.807, 2.05) is 30.3 Å². The lowest BCUT2D eigenvalue weighted by Crippen LogP contribution is -2.12. The molecule has 1 aliphatic rings. The second kappa shape index (κ2) is 8.67. The maximum Gasteiger partial charge on any atom is 0.423 e. The van der Waals surface area contributed by atoms with Crippen LogP contribution in [0, 0.1) is 20.2 Å². The van der Waals surface area contributed by atoms with E-state index in [4.69, 9.17) is 0 Å². The molecule has 0 fully saturated rings. The molecular formula is C21H14F3N5O4S. The third kappa shape index (κ3) is 4.37. The molecule has 0 amide bonds. The van der Waals surface area contributed by atoms with Crippen LogP contribution in [0.2, 0.25) is 0 Å². The first-order chi connectivity index (χ1) is 16.1. The fraction of sp³-hybridized carbons (Fsp3) is 0.0952. The number of nitro groups is 2. The molecule has 3 aromatic carbocycles. The largest absolute Gasteiger partial charge is 0.423 e. The summed E-state index contributed by atoms with van der Waals surface area (Å²) in [5.41, 5.74) is -0.352. The van der Waals surface area contributed by atoms with Gasteiger partial charge in [0.25, 0.3) is 0 Å². The first kappa shape index (κ1) is 23.0. The number of hydrazone groups is 1. The summed E-state index contributed by atoms with van der Waals surface area (Å²) >= 11 is 1.55. The average Bonchev–Trinajstić information content (AvgIpc) is 2.79. The lowest BCUT2D eigenvalue weighted by Gasteiger charge is -2.21. The van der Waals surface area contributed by atoms with Crippen molar-refractivity contribution in [2.75, 3.05) is 10.7 Å². The molecule has 0 unspecified atom stereocenters. The van der Waals surface area contributed by atoms with Crippen LogP contribution in [0.4, 0.5) is 41.6 Å². The highest BCUT2D eigenvalue weighted by Crippen LogP contribution is 2.45. The average molecular weight is 489 g/mol. The number of nitrogens with one attached hydrogen (secondary N) is 2. The minimum Gasteiger partial charge on any atom is -0.354 e. The van der Waals surface area contributed by atoms with E-state index in [0.29, 0.717) is 17.7 Å². The maximum absolute atomic E-state index is 13.3. The van der Waals surface area contributed by atoms with Crippen molar-refractivity contribution in [2.45, 2.75) is 22.9 Å². The number of hydrogen-bond donors (Lipinski definition) is 2. The van der Waals surface area contributed by atoms with Gasteiger partial charge in [-0.15, -0.1) is 0 Å². The van der Waals surface area contributed by atoms with Crippen LogP contribution in [0.1, 0.15) is 18.1 Å². The van der Waals surface area contributed by atoms with E-state index >= 15 is 0 Å². The fourth-order valence-electron chi connectivity index (χ4n) is 3.33. The van der Waals surface area contributed by atoms with E-state index < -0.39 is 38.6 Å². The van der Waals surface area contributed by atoms with Crippen LogP contribution in [0.5, 0.6) is 0 Å². The highest BCUT2D eigenvalue weighted by molar-refractivity contribution is 7.99. The summed E-state index contributed by atoms with van der Waals surface area (Å²) in [4.78, 5) is 22.4. The van der Waals surface area contributed by atoms with Gasteiger partial charge in [0.2, 0.25) is 5.69 Å². The predicted molar refractivity (Wildman–Crippen MR) is 121 cm³/mol. The highest BCUT2D eigenvalue weighted by Gasteiger charge is 2.42. The number of fused-ring (bicyclic) bond motifs is 2. The summed E-state index contributed by atoms with van der Waals surface area (Å²) in [5, 5.41) is 30.0. The number of halogens is 3. The molecule has 0 saturated carbocycles. The van der Waals surface area contributed by atoms with Crippen molar-refractivity contribution in [3.63, 3.8) is 0 Å². The van der Waals surface area contributed by atoms with E-state index in [9.17, 15) is 33.4 Å². The number of nitro benzene ring substituents is 2. The Morgan fingerprint density at radius 2 is 1.71 bits per heavy atom. The van der Waals surface area contributed by atoms with Gasteiger partial charge in [-0.3, -0.25) is 25.7 Å². The van der Waals surface area contributed by atoms with Crippen LogP contribution < -0.4 is 10.7 Å². The Morgan fingerprint density at radius 1 is 1.00 bits per heavy atom. The molecular weight excluding hydrogens is 475 g/mol. The van der Waals surface area contributed by atoms with Gasteiger partial charge in [-0.05, 0) is 42.8 Å². The highest BCUT2D eigenvalue weighted by atomic mass is 32.2. The monoisotopic (exact) mass is 489 g/mol. The molecule has 3 aromatic rings. The number of benzene rings is 3. The third-order valence-corrected chi connectivity index (χ3v) is 6.10. The van der Waals surface area contributed by atoms with Crippen molar-refractivity contribution in [1.29, 1.82) is 0 Å². The Balaban J connectivity index is 1.71. The van der Waals surface area contributed by atoms with Gasteiger partial charge in [0, 0.05) is 15.9 Å². The topological polar surface area (TPSA) is 123 Å². The van der Waals surface area contributed by atoms with Crippen LogP contribution in [-0.4, -0.2) is 15.6 Å². The molecule has 9 nitrogen and oxygen atoms in total. The predicted octanol–water partition coefficient (Wildman–Crippen LogP) is 6.57. The first-order valence-corrected chi connectivity index (χ1v) is 10.4. The van der Waals surface area contributed by atoms with Gasteiger partial charge in [-0.25, -0.2) is 0 Å². The number of anilines is 3. The van der Waals surface area contributed by atoms with Crippen molar-refractivity contribution in [2.24, 2.45) is 5.10 Å². The quantitative estimate of drug-likeness (QED) is 0.185. The second-order valence-electron chi connectivity index (χ2n) is 7.11. The van der Waals surface area contributed by atoms with E-state index in [1.165, 1.54) is 6.92 Å². The van der Waals surface area contributed by atoms with Gasteiger partial charge in [0.1, 0.15) is 5.56 Å². The Labute approximate surface area is 194 Å². The number of para-hydroxylation sites is 1. The maximum atomic E-state index is 13.3. The van der Waals surface area contributed by atoms with E-state index in [2.05, 4.69) is 15.8 Å². The molecule has 174 valence electrons. The first-order valence-electron chi connectivity index (χ1n) is 9.58. The molecule has 0 bridgehead atoms. The molecule has 2 N–H and O–H groups in total. The molecule has 1 heterocycles. The molecule has 0 atom stereocenters. The van der Waals surface area contributed by atoms with Gasteiger partial charge < -0.3 is 5.32 Å². The molecule has 34 heavy (non-hydrogen) atoms. The number of nitrogens with zero attached hydrogens (tertiary/aromatic N) is 3. The van der Waals surface area contributed by atoms with Gasteiger partial charge in [0.15, 0.2) is 0 Å². The molecule has 4 rings (SSSR count). The second-order valence-corrected chi connectivity index (χ2v) is 8.19. The van der Waals surface area contributed by atoms with Crippen LogP contribution >= 0.6 is 11.8 Å². The lowest BCUT2D eigenvalue weighted by atomic mass is 10.1. The van der Waals surface area contributed by atoms with Crippen LogP contribution in [0.15, 0.2) is 69.5 Å². The Hall–Kier alpha value is -4.13. The van der Waals surface area contributed by atoms with Crippen molar-refractivity contribution >= 4 is 45.9 Å². The molecule has 0 spiro atoms. The Bertz CT molecular complexity index is 1360. The smallest absolute Gasteiger partial charge is 0.354 e. The molecule has 1 aliphatic heterocycles. The number of alkyl halides is 3. The van der Waals surface area contributed by atoms with Crippen molar-refractivity contribution in [3.8, 4) is 0 Å². The summed E-state index contributed by atoms with van der Waals surface area (Å²) in [7, 11) is 0. The molecule has 13 heteroatoms. The van der Waals surface area contributed by atoms with Gasteiger partial charge >= 0.3 is 17.6 Å². The van der Waals surface area contributed by atoms with Gasteiger partial charge in [-0.1, -0.05) is 30.0 Å². The minimum atomic E-state index is -5.09. The van der Waals surface area contributed by atoms with Crippen molar-refractivity contribution in [3.05, 3.63) is 86.0 Å². The number of hydrogen-bond acceptors (Lipinski definition) is 8. The molecule has 0 radical (unpaired) electrons. The summed E-state index contributed by atoms with van der Waals surface area (Å²) in [6.07, 6.45) is -5.09. The third-order valence-electron chi connectivity index (χ3n) is 4.95. The Morgan fingerprint density at radius 3 is 2.38 bits per heavy atom. The van der Waals surface area contributed by atoms with Crippen LogP contribution in [0.25, 0.3) is 0 Å². The zero-order valence-electron chi connectivity index (χ0n) is 17.2. The lowest BCUT2D eigenvalue weighted by molar-refractivity contribution is -0.394. The Kier molecular flexibility index (Phi) is 5.87. The number of rotatable bonds is 5. The molecule has 0 aromatic heterocycles. The summed E-state index contributed by atoms with van der Waals surface area (Å²) in [6.45, 7) is 1.52. The van der Waals surface area contributed by atoms with E-state index in [1.54, 1.807) is 23.9 Å². The summed E-state index contributed by atoms with van der Waals surface area (Å²) in [5.74, 6) is 0. The zero-order chi connectivity index (χ0) is 24.6. The molecule has 0 saturated heterocycles. The standard InChI is InChI=1S/C21H14F3N5O4S/c1-11(12-6-9-18-15(10-12)25-14-4-2-3-5-17(14)34-18)26-27-19-16(28(30)31)8-7-13(21(22,23)24)20(19)29(32)33/h2-10,25,27H,1H3/b26-11+. The fourth-order valence-corrected chi connectivity index (χ4v) is 4.30. The zero-order valence-corrected chi connectivity index (χ0v) is 18.0. The molecule has 0 aliphatic carbocycles. The van der Waals surface area contributed by atoms with Crippen molar-refractivity contribution < 1.29 is 23.0 Å². The van der Waals surface area contributed by atoms with Crippen LogP contribution in [-0.2, 0) is 6.18 Å². The normalized spacial score (nSPS) is 12.9. The van der Waals surface area contributed by atoms with Crippen LogP contribution in [0.3, 0.4) is 0 Å². The van der Waals surface area contributed by atoms with Gasteiger partial charge in [-0.2, -0.15) is 18.3 Å². The SMILES string of the molecule is C/C(=N\Nc1c([N+](=O)[O-])ccc(C(F)(F)F)c1[N+](=O)[O-])c1ccc2c(c1)Nc1ccccc1S2. The van der Waals surface area contributed by atoms with Gasteiger partial charge in [0.05, 0.1) is 26.9 Å². The summed E-state index contributed by atoms with van der Waals surface area (Å²) < 4.78 is 39.9. The summed E-state index contributed by atoms with van der Waals surface area (Å²) in [6, 6.07) is 13.8. The van der Waals surface area contributed by atoms with E-state index in [-0.39, 0.29) is 5.71 Å². The van der Waals surface area contributed by atoms with Crippen molar-refractivity contribution in [1.82, 2.24) is 0 Å². The minimum absolute atomic E-state index is 0.245.